The van der Waals surface area contributed by atoms with Crippen molar-refractivity contribution in [2.75, 3.05) is 6.54 Å². The summed E-state index contributed by atoms with van der Waals surface area (Å²) in [5.74, 6) is 1.21. The molecule has 0 aliphatic heterocycles. The minimum atomic E-state index is 0.461. The molecule has 1 aromatic heterocycles. The zero-order valence-corrected chi connectivity index (χ0v) is 11.5. The lowest BCUT2D eigenvalue weighted by atomic mass is 9.73. The third kappa shape index (κ3) is 1.75. The smallest absolute Gasteiger partial charge is 0.0502 e. The highest BCUT2D eigenvalue weighted by Gasteiger charge is 2.29. The largest absolute Gasteiger partial charge is 0.350 e. The van der Waals surface area contributed by atoms with Crippen LogP contribution in [0.5, 0.6) is 0 Å². The number of halogens is 1. The number of aromatic nitrogens is 1. The van der Waals surface area contributed by atoms with Crippen molar-refractivity contribution in [2.45, 2.75) is 25.2 Å². The van der Waals surface area contributed by atoms with E-state index in [2.05, 4.69) is 23.9 Å². The second-order valence-corrected chi connectivity index (χ2v) is 5.77. The Kier molecular flexibility index (Phi) is 3.08. The maximum absolute atomic E-state index is 6.39. The summed E-state index contributed by atoms with van der Waals surface area (Å²) in [5.41, 5.74) is 8.56. The number of aryl methyl sites for hydroxylation is 1. The maximum atomic E-state index is 6.39. The summed E-state index contributed by atoms with van der Waals surface area (Å²) >= 11 is 6.39. The first kappa shape index (κ1) is 12.1. The standard InChI is InChI=1S/C15H19ClN2/c1-18-9-12(11(8-17)10-4-2-5-10)15-13(16)6-3-7-14(15)18/h3,6-7,9-11H,2,4-5,8,17H2,1H3. The van der Waals surface area contributed by atoms with Crippen molar-refractivity contribution in [3.05, 3.63) is 35.0 Å². The van der Waals surface area contributed by atoms with Crippen molar-refractivity contribution in [3.63, 3.8) is 0 Å². The maximum Gasteiger partial charge on any atom is 0.0502 e. The van der Waals surface area contributed by atoms with E-state index in [9.17, 15) is 0 Å². The molecule has 0 radical (unpaired) electrons. The second kappa shape index (κ2) is 4.60. The molecule has 1 fully saturated rings. The lowest BCUT2D eigenvalue weighted by Gasteiger charge is -2.33. The van der Waals surface area contributed by atoms with Gasteiger partial charge in [0, 0.05) is 30.1 Å². The molecule has 1 atom stereocenters. The normalized spacial score (nSPS) is 17.9. The van der Waals surface area contributed by atoms with Gasteiger partial charge in [-0.3, -0.25) is 0 Å². The summed E-state index contributed by atoms with van der Waals surface area (Å²) in [5, 5.41) is 2.05. The molecule has 18 heavy (non-hydrogen) atoms. The van der Waals surface area contributed by atoms with E-state index >= 15 is 0 Å². The number of nitrogens with two attached hydrogens (primary N) is 1. The van der Waals surface area contributed by atoms with Crippen LogP contribution in [0, 0.1) is 5.92 Å². The third-order valence-electron chi connectivity index (χ3n) is 4.37. The molecule has 3 heteroatoms. The molecule has 0 bridgehead atoms. The Morgan fingerprint density at radius 1 is 1.44 bits per heavy atom. The molecule has 0 spiro atoms. The van der Waals surface area contributed by atoms with Crippen molar-refractivity contribution in [1.82, 2.24) is 4.57 Å². The molecule has 1 unspecified atom stereocenters. The quantitative estimate of drug-likeness (QED) is 0.899. The summed E-state index contributed by atoms with van der Waals surface area (Å²) in [6.45, 7) is 0.717. The highest BCUT2D eigenvalue weighted by Crippen LogP contribution is 2.42. The van der Waals surface area contributed by atoms with Gasteiger partial charge >= 0.3 is 0 Å². The van der Waals surface area contributed by atoms with Gasteiger partial charge in [0.25, 0.3) is 0 Å². The highest BCUT2D eigenvalue weighted by atomic mass is 35.5. The van der Waals surface area contributed by atoms with Crippen LogP contribution >= 0.6 is 11.6 Å². The molecule has 1 heterocycles. The van der Waals surface area contributed by atoms with E-state index in [1.54, 1.807) is 0 Å². The van der Waals surface area contributed by atoms with Crippen LogP contribution in [-0.2, 0) is 7.05 Å². The van der Waals surface area contributed by atoms with Gasteiger partial charge in [-0.2, -0.15) is 0 Å². The van der Waals surface area contributed by atoms with Crippen LogP contribution in [0.15, 0.2) is 24.4 Å². The summed E-state index contributed by atoms with van der Waals surface area (Å²) in [6, 6.07) is 6.11. The van der Waals surface area contributed by atoms with Crippen molar-refractivity contribution in [3.8, 4) is 0 Å². The van der Waals surface area contributed by atoms with Gasteiger partial charge in [-0.25, -0.2) is 0 Å². The number of hydrogen-bond donors (Lipinski definition) is 1. The molecule has 1 saturated carbocycles. The number of nitrogens with zero attached hydrogens (tertiary/aromatic N) is 1. The molecular formula is C15H19ClN2. The van der Waals surface area contributed by atoms with Crippen LogP contribution in [0.4, 0.5) is 0 Å². The van der Waals surface area contributed by atoms with E-state index in [0.717, 1.165) is 17.5 Å². The lowest BCUT2D eigenvalue weighted by Crippen LogP contribution is -2.26. The fourth-order valence-electron chi connectivity index (χ4n) is 3.13. The molecule has 0 amide bonds. The molecule has 3 rings (SSSR count). The first-order valence-corrected chi connectivity index (χ1v) is 7.03. The van der Waals surface area contributed by atoms with Crippen molar-refractivity contribution < 1.29 is 0 Å². The van der Waals surface area contributed by atoms with Gasteiger partial charge in [0.1, 0.15) is 0 Å². The number of benzene rings is 1. The van der Waals surface area contributed by atoms with Crippen molar-refractivity contribution in [1.29, 1.82) is 0 Å². The lowest BCUT2D eigenvalue weighted by molar-refractivity contribution is 0.265. The van der Waals surface area contributed by atoms with Gasteiger partial charge in [-0.05, 0) is 43.0 Å². The molecule has 1 aliphatic carbocycles. The van der Waals surface area contributed by atoms with Gasteiger partial charge < -0.3 is 10.3 Å². The third-order valence-corrected chi connectivity index (χ3v) is 4.68. The molecule has 2 aromatic rings. The van der Waals surface area contributed by atoms with Crippen LogP contribution in [-0.4, -0.2) is 11.1 Å². The van der Waals surface area contributed by atoms with E-state index < -0.39 is 0 Å². The summed E-state index contributed by atoms with van der Waals surface area (Å²) in [4.78, 5) is 0. The summed E-state index contributed by atoms with van der Waals surface area (Å²) in [6.07, 6.45) is 6.18. The first-order valence-electron chi connectivity index (χ1n) is 6.66. The topological polar surface area (TPSA) is 30.9 Å². The summed E-state index contributed by atoms with van der Waals surface area (Å²) < 4.78 is 2.16. The number of rotatable bonds is 3. The monoisotopic (exact) mass is 262 g/mol. The zero-order valence-electron chi connectivity index (χ0n) is 10.7. The fourth-order valence-corrected chi connectivity index (χ4v) is 3.41. The zero-order chi connectivity index (χ0) is 12.7. The van der Waals surface area contributed by atoms with Crippen LogP contribution in [0.3, 0.4) is 0 Å². The van der Waals surface area contributed by atoms with E-state index in [4.69, 9.17) is 17.3 Å². The molecule has 1 aliphatic rings. The predicted octanol–water partition coefficient (Wildman–Crippen LogP) is 3.67. The average molecular weight is 263 g/mol. The van der Waals surface area contributed by atoms with Gasteiger partial charge in [0.2, 0.25) is 0 Å². The Labute approximate surface area is 113 Å². The van der Waals surface area contributed by atoms with E-state index in [1.807, 2.05) is 12.1 Å². The van der Waals surface area contributed by atoms with Gasteiger partial charge in [0.15, 0.2) is 0 Å². The predicted molar refractivity (Wildman–Crippen MR) is 77.1 cm³/mol. The molecule has 2 N–H and O–H groups in total. The van der Waals surface area contributed by atoms with E-state index in [-0.39, 0.29) is 0 Å². The van der Waals surface area contributed by atoms with Crippen LogP contribution in [0.2, 0.25) is 5.02 Å². The van der Waals surface area contributed by atoms with Crippen LogP contribution < -0.4 is 5.73 Å². The Bertz CT molecular complexity index is 569. The number of fused-ring (bicyclic) bond motifs is 1. The van der Waals surface area contributed by atoms with Crippen molar-refractivity contribution in [2.24, 2.45) is 18.7 Å². The highest BCUT2D eigenvalue weighted by molar-refractivity contribution is 6.35. The first-order chi connectivity index (χ1) is 8.72. The van der Waals surface area contributed by atoms with E-state index in [1.165, 1.54) is 35.7 Å². The van der Waals surface area contributed by atoms with Gasteiger partial charge in [0.05, 0.1) is 5.02 Å². The van der Waals surface area contributed by atoms with Crippen molar-refractivity contribution >= 4 is 22.5 Å². The van der Waals surface area contributed by atoms with Gasteiger partial charge in [-0.1, -0.05) is 24.1 Å². The Hall–Kier alpha value is -0.990. The Morgan fingerprint density at radius 2 is 2.22 bits per heavy atom. The fraction of sp³-hybridized carbons (Fsp3) is 0.467. The minimum absolute atomic E-state index is 0.461. The second-order valence-electron chi connectivity index (χ2n) is 5.36. The van der Waals surface area contributed by atoms with Crippen LogP contribution in [0.1, 0.15) is 30.7 Å². The van der Waals surface area contributed by atoms with E-state index in [0.29, 0.717) is 5.92 Å². The molecular weight excluding hydrogens is 244 g/mol. The Balaban J connectivity index is 2.15. The number of hydrogen-bond acceptors (Lipinski definition) is 1. The Morgan fingerprint density at radius 3 is 2.83 bits per heavy atom. The van der Waals surface area contributed by atoms with Crippen LogP contribution in [0.25, 0.3) is 10.9 Å². The SMILES string of the molecule is Cn1cc(C(CN)C2CCC2)c2c(Cl)cccc21. The molecule has 0 saturated heterocycles. The minimum Gasteiger partial charge on any atom is -0.350 e. The summed E-state index contributed by atoms with van der Waals surface area (Å²) in [7, 11) is 2.08. The molecule has 1 aromatic carbocycles. The molecule has 96 valence electrons. The molecule has 2 nitrogen and oxygen atoms in total. The van der Waals surface area contributed by atoms with Gasteiger partial charge in [-0.15, -0.1) is 0 Å². The average Bonchev–Trinajstić information content (AvgIpc) is 2.63.